The number of rotatable bonds is 6. The molecule has 31 heavy (non-hydrogen) atoms. The topological polar surface area (TPSA) is 45.3 Å². The second-order valence-corrected chi connectivity index (χ2v) is 8.84. The van der Waals surface area contributed by atoms with Crippen molar-refractivity contribution in [3.8, 4) is 11.5 Å². The first-order valence-electron chi connectivity index (χ1n) is 11.2. The van der Waals surface area contributed by atoms with Crippen LogP contribution in [0, 0.1) is 0 Å². The van der Waals surface area contributed by atoms with E-state index in [9.17, 15) is 4.79 Å². The van der Waals surface area contributed by atoms with Gasteiger partial charge in [0.2, 0.25) is 5.91 Å². The predicted molar refractivity (Wildman–Crippen MR) is 121 cm³/mol. The Kier molecular flexibility index (Phi) is 5.59. The number of benzene rings is 2. The number of amides is 1. The third-order valence-corrected chi connectivity index (χ3v) is 7.13. The zero-order valence-electron chi connectivity index (χ0n) is 18.4. The molecule has 5 rings (SSSR count). The maximum absolute atomic E-state index is 13.4. The van der Waals surface area contributed by atoms with Gasteiger partial charge in [0.1, 0.15) is 11.5 Å². The molecule has 0 spiro atoms. The molecule has 164 valence electrons. The summed E-state index contributed by atoms with van der Waals surface area (Å²) in [4.78, 5) is 20.3. The van der Waals surface area contributed by atoms with E-state index in [1.807, 2.05) is 23.1 Å². The number of carbonyl (C=O) groups excluding carboxylic acids is 1. The number of piperazine rings is 1. The molecule has 3 heterocycles. The number of ether oxygens (including phenoxy) is 2. The van der Waals surface area contributed by atoms with Gasteiger partial charge in [-0.3, -0.25) is 14.6 Å². The fourth-order valence-corrected chi connectivity index (χ4v) is 5.56. The molecule has 3 fully saturated rings. The Balaban J connectivity index is 1.24. The van der Waals surface area contributed by atoms with Crippen LogP contribution < -0.4 is 14.4 Å². The van der Waals surface area contributed by atoms with Gasteiger partial charge in [-0.2, -0.15) is 0 Å². The molecule has 3 aliphatic rings. The number of fused-ring (bicyclic) bond motifs is 2. The highest BCUT2D eigenvalue weighted by molar-refractivity contribution is 6.02. The summed E-state index contributed by atoms with van der Waals surface area (Å²) in [6.07, 6.45) is 3.17. The zero-order valence-corrected chi connectivity index (χ0v) is 18.4. The average Bonchev–Trinajstić information content (AvgIpc) is 3.38. The SMILES string of the molecule is COc1ccc(OC)c(N2C(=O)[C@@H]3C[C@H]2CN3C2CCN(Cc3ccccc3)CC2)c1. The molecule has 0 N–H and O–H groups in total. The summed E-state index contributed by atoms with van der Waals surface area (Å²) >= 11 is 0. The molecule has 3 aliphatic heterocycles. The first kappa shape index (κ1) is 20.3. The lowest BCUT2D eigenvalue weighted by Crippen LogP contribution is -2.56. The molecule has 2 atom stereocenters. The summed E-state index contributed by atoms with van der Waals surface area (Å²) < 4.78 is 10.9. The van der Waals surface area contributed by atoms with Crippen molar-refractivity contribution in [1.29, 1.82) is 0 Å². The maximum Gasteiger partial charge on any atom is 0.244 e. The summed E-state index contributed by atoms with van der Waals surface area (Å²) in [7, 11) is 3.30. The molecule has 3 saturated heterocycles. The van der Waals surface area contributed by atoms with Crippen molar-refractivity contribution in [2.24, 2.45) is 0 Å². The minimum absolute atomic E-state index is 0.00780. The Labute approximate surface area is 184 Å². The Morgan fingerprint density at radius 3 is 2.42 bits per heavy atom. The standard InChI is InChI=1S/C25H31N3O3/c1-30-21-8-9-24(31-2)22(15-21)28-20-14-23(25(28)29)27(17-20)19-10-12-26(13-11-19)16-18-6-4-3-5-7-18/h3-9,15,19-20,23H,10-14,16-17H2,1-2H3/t20-,23-/m0/s1. The molecule has 0 radical (unpaired) electrons. The van der Waals surface area contributed by atoms with E-state index in [1.165, 1.54) is 5.56 Å². The van der Waals surface area contributed by atoms with E-state index in [1.54, 1.807) is 14.2 Å². The van der Waals surface area contributed by atoms with Gasteiger partial charge in [-0.1, -0.05) is 30.3 Å². The van der Waals surface area contributed by atoms with Crippen LogP contribution in [0.1, 0.15) is 24.8 Å². The zero-order chi connectivity index (χ0) is 21.4. The van der Waals surface area contributed by atoms with Crippen molar-refractivity contribution in [1.82, 2.24) is 9.80 Å². The summed E-state index contributed by atoms with van der Waals surface area (Å²) in [5.41, 5.74) is 2.20. The van der Waals surface area contributed by atoms with Gasteiger partial charge in [-0.15, -0.1) is 0 Å². The third-order valence-electron chi connectivity index (χ3n) is 7.13. The normalized spacial score (nSPS) is 24.7. The summed E-state index contributed by atoms with van der Waals surface area (Å²) in [6.45, 7) is 4.15. The minimum atomic E-state index is -0.00780. The number of carbonyl (C=O) groups is 1. The minimum Gasteiger partial charge on any atom is -0.497 e. The van der Waals surface area contributed by atoms with Gasteiger partial charge in [0.05, 0.1) is 32.0 Å². The molecule has 2 bridgehead atoms. The van der Waals surface area contributed by atoms with E-state index in [4.69, 9.17) is 9.47 Å². The van der Waals surface area contributed by atoms with Crippen LogP contribution in [0.5, 0.6) is 11.5 Å². The third kappa shape index (κ3) is 3.79. The van der Waals surface area contributed by atoms with Crippen molar-refractivity contribution in [3.05, 3.63) is 54.1 Å². The molecule has 2 aromatic carbocycles. The van der Waals surface area contributed by atoms with Crippen molar-refractivity contribution >= 4 is 11.6 Å². The van der Waals surface area contributed by atoms with Gasteiger partial charge in [0.15, 0.2) is 0 Å². The predicted octanol–water partition coefficient (Wildman–Crippen LogP) is 3.16. The quantitative estimate of drug-likeness (QED) is 0.717. The van der Waals surface area contributed by atoms with Gasteiger partial charge in [0, 0.05) is 25.2 Å². The van der Waals surface area contributed by atoms with Gasteiger partial charge in [-0.05, 0) is 50.0 Å². The number of hydrogen-bond acceptors (Lipinski definition) is 5. The van der Waals surface area contributed by atoms with Crippen molar-refractivity contribution in [2.45, 2.75) is 43.9 Å². The highest BCUT2D eigenvalue weighted by Crippen LogP contribution is 2.42. The van der Waals surface area contributed by atoms with Crippen molar-refractivity contribution in [2.75, 3.05) is 38.8 Å². The lowest BCUT2D eigenvalue weighted by Gasteiger charge is -2.42. The fraction of sp³-hybridized carbons (Fsp3) is 0.480. The van der Waals surface area contributed by atoms with Crippen LogP contribution >= 0.6 is 0 Å². The first-order chi connectivity index (χ1) is 15.2. The summed E-state index contributed by atoms with van der Waals surface area (Å²) in [5, 5.41) is 0. The molecule has 0 aliphatic carbocycles. The molecule has 6 nitrogen and oxygen atoms in total. The molecule has 0 unspecified atom stereocenters. The summed E-state index contributed by atoms with van der Waals surface area (Å²) in [6, 6.07) is 17.1. The number of nitrogens with zero attached hydrogens (tertiary/aromatic N) is 3. The van der Waals surface area contributed by atoms with Gasteiger partial charge >= 0.3 is 0 Å². The molecular formula is C25H31N3O3. The number of anilines is 1. The second-order valence-electron chi connectivity index (χ2n) is 8.84. The van der Waals surface area contributed by atoms with E-state index >= 15 is 0 Å². The van der Waals surface area contributed by atoms with E-state index in [0.717, 1.165) is 62.6 Å². The van der Waals surface area contributed by atoms with Crippen LogP contribution in [0.25, 0.3) is 0 Å². The molecule has 2 aromatic rings. The van der Waals surface area contributed by atoms with E-state index < -0.39 is 0 Å². The van der Waals surface area contributed by atoms with Crippen LogP contribution in [0.2, 0.25) is 0 Å². The number of piperidine rings is 1. The number of hydrogen-bond donors (Lipinski definition) is 0. The molecular weight excluding hydrogens is 390 g/mol. The molecule has 6 heteroatoms. The van der Waals surface area contributed by atoms with Crippen LogP contribution in [0.3, 0.4) is 0 Å². The number of likely N-dealkylation sites (tertiary alicyclic amines) is 2. The monoisotopic (exact) mass is 421 g/mol. The van der Waals surface area contributed by atoms with Crippen LogP contribution in [0.4, 0.5) is 5.69 Å². The van der Waals surface area contributed by atoms with E-state index in [0.29, 0.717) is 6.04 Å². The Morgan fingerprint density at radius 2 is 1.74 bits per heavy atom. The smallest absolute Gasteiger partial charge is 0.244 e. The fourth-order valence-electron chi connectivity index (χ4n) is 5.56. The van der Waals surface area contributed by atoms with Crippen molar-refractivity contribution in [3.63, 3.8) is 0 Å². The maximum atomic E-state index is 13.4. The van der Waals surface area contributed by atoms with E-state index in [-0.39, 0.29) is 18.0 Å². The second kappa shape index (κ2) is 8.52. The van der Waals surface area contributed by atoms with Gasteiger partial charge in [0.25, 0.3) is 0 Å². The Hall–Kier alpha value is -2.57. The largest absolute Gasteiger partial charge is 0.497 e. The molecule has 1 amide bonds. The van der Waals surface area contributed by atoms with Crippen LogP contribution in [-0.2, 0) is 11.3 Å². The van der Waals surface area contributed by atoms with Crippen LogP contribution in [-0.4, -0.2) is 67.7 Å². The highest BCUT2D eigenvalue weighted by atomic mass is 16.5. The lowest BCUT2D eigenvalue weighted by atomic mass is 10.0. The first-order valence-corrected chi connectivity index (χ1v) is 11.2. The Morgan fingerprint density at radius 1 is 0.968 bits per heavy atom. The molecule has 0 aromatic heterocycles. The number of methoxy groups -OCH3 is 2. The van der Waals surface area contributed by atoms with Gasteiger partial charge < -0.3 is 14.4 Å². The highest BCUT2D eigenvalue weighted by Gasteiger charge is 2.52. The average molecular weight is 422 g/mol. The van der Waals surface area contributed by atoms with E-state index in [2.05, 4.69) is 40.1 Å². The van der Waals surface area contributed by atoms with Crippen molar-refractivity contribution < 1.29 is 14.3 Å². The molecule has 0 saturated carbocycles. The Bertz CT molecular complexity index is 927. The summed E-state index contributed by atoms with van der Waals surface area (Å²) in [5.74, 6) is 1.67. The van der Waals surface area contributed by atoms with Gasteiger partial charge in [-0.25, -0.2) is 0 Å². The van der Waals surface area contributed by atoms with Crippen LogP contribution in [0.15, 0.2) is 48.5 Å². The lowest BCUT2D eigenvalue weighted by molar-refractivity contribution is -0.124.